The van der Waals surface area contributed by atoms with Gasteiger partial charge in [-0.1, -0.05) is 0 Å². The Kier molecular flexibility index (Phi) is 6.70. The Bertz CT molecular complexity index is 638. The molecule has 2 rings (SSSR count). The van der Waals surface area contributed by atoms with Crippen molar-refractivity contribution >= 4 is 11.8 Å². The normalized spacial score (nSPS) is 10.0. The fourth-order valence-corrected chi connectivity index (χ4v) is 1.90. The van der Waals surface area contributed by atoms with Gasteiger partial charge in [0.15, 0.2) is 0 Å². The largest absolute Gasteiger partial charge is 0.497 e. The Morgan fingerprint density at radius 3 is 2.42 bits per heavy atom. The Hall–Kier alpha value is -2.96. The highest BCUT2D eigenvalue weighted by molar-refractivity contribution is 5.96. The van der Waals surface area contributed by atoms with Crippen LogP contribution in [0, 0.1) is 0 Å². The predicted octanol–water partition coefficient (Wildman–Crippen LogP) is 1.49. The maximum atomic E-state index is 11.6. The van der Waals surface area contributed by atoms with Crippen LogP contribution >= 0.6 is 0 Å². The van der Waals surface area contributed by atoms with Crippen LogP contribution in [0.2, 0.25) is 0 Å². The molecule has 24 heavy (non-hydrogen) atoms. The van der Waals surface area contributed by atoms with Crippen molar-refractivity contribution in [1.29, 1.82) is 0 Å². The molecule has 0 unspecified atom stereocenters. The molecule has 1 heterocycles. The molecule has 7 nitrogen and oxygen atoms in total. The summed E-state index contributed by atoms with van der Waals surface area (Å²) in [7, 11) is 1.59. The molecule has 0 radical (unpaired) electrons. The molecule has 2 amide bonds. The van der Waals surface area contributed by atoms with Gasteiger partial charge in [0.25, 0.3) is 0 Å². The quantitative estimate of drug-likeness (QED) is 0.536. The van der Waals surface area contributed by atoms with Gasteiger partial charge in [0, 0.05) is 0 Å². The summed E-state index contributed by atoms with van der Waals surface area (Å²) >= 11 is 0. The number of carbonyl (C=O) groups is 2. The van der Waals surface area contributed by atoms with Crippen molar-refractivity contribution in [2.24, 2.45) is 0 Å². The van der Waals surface area contributed by atoms with Crippen LogP contribution < -0.4 is 20.1 Å². The average Bonchev–Trinajstić information content (AvgIpc) is 3.11. The number of furan rings is 1. The molecule has 0 aliphatic carbocycles. The molecule has 1 aromatic carbocycles. The average molecular weight is 332 g/mol. The predicted molar refractivity (Wildman–Crippen MR) is 86.7 cm³/mol. The zero-order chi connectivity index (χ0) is 17.2. The van der Waals surface area contributed by atoms with Gasteiger partial charge in [0.2, 0.25) is 11.8 Å². The van der Waals surface area contributed by atoms with E-state index in [1.54, 1.807) is 43.5 Å². The van der Waals surface area contributed by atoms with Crippen LogP contribution in [0.25, 0.3) is 0 Å². The third kappa shape index (κ3) is 6.04. The van der Waals surface area contributed by atoms with E-state index in [4.69, 9.17) is 13.9 Å². The lowest BCUT2D eigenvalue weighted by atomic mass is 10.3. The summed E-state index contributed by atoms with van der Waals surface area (Å²) in [5.74, 6) is 1.35. The minimum atomic E-state index is -0.361. The van der Waals surface area contributed by atoms with Crippen molar-refractivity contribution < 1.29 is 23.5 Å². The van der Waals surface area contributed by atoms with E-state index in [0.29, 0.717) is 24.7 Å². The van der Waals surface area contributed by atoms with Gasteiger partial charge < -0.3 is 24.5 Å². The molecule has 0 aliphatic heterocycles. The number of hydrogen-bond acceptors (Lipinski definition) is 5. The molecule has 0 bridgehead atoms. The van der Waals surface area contributed by atoms with Crippen molar-refractivity contribution in [3.05, 3.63) is 48.4 Å². The molecule has 0 fully saturated rings. The second-order valence-electron chi connectivity index (χ2n) is 4.91. The lowest BCUT2D eigenvalue weighted by Gasteiger charge is -2.08. The number of hydrogen-bond donors (Lipinski definition) is 2. The van der Waals surface area contributed by atoms with E-state index in [9.17, 15) is 9.59 Å². The molecule has 0 spiro atoms. The number of rotatable bonds is 9. The lowest BCUT2D eigenvalue weighted by molar-refractivity contribution is -0.129. The first-order valence-electron chi connectivity index (χ1n) is 7.50. The summed E-state index contributed by atoms with van der Waals surface area (Å²) in [4.78, 5) is 23.2. The van der Waals surface area contributed by atoms with Crippen molar-refractivity contribution in [3.8, 4) is 11.5 Å². The highest BCUT2D eigenvalue weighted by Gasteiger charge is 2.09. The molecule has 2 aromatic rings. The molecular weight excluding hydrogens is 312 g/mol. The molecule has 7 heteroatoms. The van der Waals surface area contributed by atoms with Gasteiger partial charge in [-0.05, 0) is 36.4 Å². The topological polar surface area (TPSA) is 89.8 Å². The Morgan fingerprint density at radius 2 is 1.75 bits per heavy atom. The number of ether oxygens (including phenoxy) is 2. The zero-order valence-electron chi connectivity index (χ0n) is 13.4. The molecule has 1 aromatic heterocycles. The number of amides is 2. The highest BCUT2D eigenvalue weighted by Crippen LogP contribution is 2.16. The van der Waals surface area contributed by atoms with E-state index in [1.165, 1.54) is 6.26 Å². The van der Waals surface area contributed by atoms with Gasteiger partial charge >= 0.3 is 0 Å². The zero-order valence-corrected chi connectivity index (χ0v) is 13.4. The Balaban J connectivity index is 1.57. The first kappa shape index (κ1) is 17.4. The van der Waals surface area contributed by atoms with Gasteiger partial charge in [0.1, 0.15) is 30.3 Å². The molecule has 128 valence electrons. The third-order valence-corrected chi connectivity index (χ3v) is 3.11. The summed E-state index contributed by atoms with van der Waals surface area (Å²) in [6.07, 6.45) is 1.29. The summed E-state index contributed by atoms with van der Waals surface area (Å²) < 4.78 is 15.6. The first-order chi connectivity index (χ1) is 11.7. The minimum absolute atomic E-state index is 0.233. The lowest BCUT2D eigenvalue weighted by Crippen LogP contribution is -2.33. The standard InChI is InChI=1S/C17H20N2O5/c1-22-13-4-6-14(7-5-13)24-10-8-18-16(20)11-17(21)19-12-15-3-2-9-23-15/h2-7,9H,8,10-12H2,1H3,(H,18,20)(H,19,21). The SMILES string of the molecule is COc1ccc(OCCNC(=O)CC(=O)NCc2ccco2)cc1. The van der Waals surface area contributed by atoms with Gasteiger partial charge in [-0.2, -0.15) is 0 Å². The van der Waals surface area contributed by atoms with E-state index in [1.807, 2.05) is 0 Å². The summed E-state index contributed by atoms with van der Waals surface area (Å²) in [6.45, 7) is 0.891. The fourth-order valence-electron chi connectivity index (χ4n) is 1.90. The van der Waals surface area contributed by atoms with Crippen LogP contribution in [-0.4, -0.2) is 32.1 Å². The fraction of sp³-hybridized carbons (Fsp3) is 0.294. The van der Waals surface area contributed by atoms with Crippen LogP contribution in [0.15, 0.2) is 47.1 Å². The molecule has 0 aliphatic rings. The molecular formula is C17H20N2O5. The smallest absolute Gasteiger partial charge is 0.229 e. The molecule has 0 saturated carbocycles. The first-order valence-corrected chi connectivity index (χ1v) is 7.50. The number of benzene rings is 1. The maximum Gasteiger partial charge on any atom is 0.229 e. The van der Waals surface area contributed by atoms with Crippen molar-refractivity contribution in [3.63, 3.8) is 0 Å². The second kappa shape index (κ2) is 9.24. The van der Waals surface area contributed by atoms with E-state index < -0.39 is 0 Å². The second-order valence-corrected chi connectivity index (χ2v) is 4.91. The summed E-state index contributed by atoms with van der Waals surface area (Å²) in [5, 5.41) is 5.23. The Morgan fingerprint density at radius 1 is 1.04 bits per heavy atom. The Labute approximate surface area is 139 Å². The van der Waals surface area contributed by atoms with Crippen LogP contribution in [0.3, 0.4) is 0 Å². The molecule has 0 atom stereocenters. The van der Waals surface area contributed by atoms with Gasteiger partial charge in [-0.3, -0.25) is 9.59 Å². The van der Waals surface area contributed by atoms with Crippen LogP contribution in [-0.2, 0) is 16.1 Å². The van der Waals surface area contributed by atoms with Crippen molar-refractivity contribution in [1.82, 2.24) is 10.6 Å². The van der Waals surface area contributed by atoms with Gasteiger partial charge in [-0.25, -0.2) is 0 Å². The molecule has 2 N–H and O–H groups in total. The number of nitrogens with one attached hydrogen (secondary N) is 2. The van der Waals surface area contributed by atoms with E-state index in [0.717, 1.165) is 5.75 Å². The number of methoxy groups -OCH3 is 1. The highest BCUT2D eigenvalue weighted by atomic mass is 16.5. The van der Waals surface area contributed by atoms with E-state index in [-0.39, 0.29) is 24.8 Å². The van der Waals surface area contributed by atoms with Crippen molar-refractivity contribution in [2.75, 3.05) is 20.3 Å². The van der Waals surface area contributed by atoms with Crippen molar-refractivity contribution in [2.45, 2.75) is 13.0 Å². The maximum absolute atomic E-state index is 11.6. The van der Waals surface area contributed by atoms with Crippen LogP contribution in [0.5, 0.6) is 11.5 Å². The number of carbonyl (C=O) groups excluding carboxylic acids is 2. The summed E-state index contributed by atoms with van der Waals surface area (Å²) in [5.41, 5.74) is 0. The van der Waals surface area contributed by atoms with Crippen LogP contribution in [0.1, 0.15) is 12.2 Å². The monoisotopic (exact) mass is 332 g/mol. The van der Waals surface area contributed by atoms with Gasteiger partial charge in [0.05, 0.1) is 26.5 Å². The molecule has 0 saturated heterocycles. The van der Waals surface area contributed by atoms with Gasteiger partial charge in [-0.15, -0.1) is 0 Å². The third-order valence-electron chi connectivity index (χ3n) is 3.11. The minimum Gasteiger partial charge on any atom is -0.497 e. The van der Waals surface area contributed by atoms with E-state index in [2.05, 4.69) is 10.6 Å². The summed E-state index contributed by atoms with van der Waals surface area (Å²) in [6, 6.07) is 10.6. The van der Waals surface area contributed by atoms with E-state index >= 15 is 0 Å². The van der Waals surface area contributed by atoms with Crippen LogP contribution in [0.4, 0.5) is 0 Å².